The Morgan fingerprint density at radius 3 is 2.95 bits per heavy atom. The number of carbonyl (C=O) groups excluding carboxylic acids is 1. The molecule has 3 aromatic rings. The Labute approximate surface area is 130 Å². The summed E-state index contributed by atoms with van der Waals surface area (Å²) >= 11 is 1.44. The van der Waals surface area contributed by atoms with Crippen molar-refractivity contribution in [1.29, 1.82) is 0 Å². The van der Waals surface area contributed by atoms with Gasteiger partial charge in [-0.2, -0.15) is 0 Å². The number of H-pyrrole nitrogens is 1. The average molecular weight is 317 g/mol. The molecule has 0 spiro atoms. The number of imidazole rings is 1. The van der Waals surface area contributed by atoms with Gasteiger partial charge in [-0.25, -0.2) is 9.97 Å². The number of hydrogen-bond donors (Lipinski definition) is 2. The van der Waals surface area contributed by atoms with Gasteiger partial charge in [-0.15, -0.1) is 11.3 Å². The van der Waals surface area contributed by atoms with Gasteiger partial charge in [0, 0.05) is 41.6 Å². The number of amides is 1. The Balaban J connectivity index is 1.80. The molecule has 0 bridgehead atoms. The Hall–Kier alpha value is -2.48. The van der Waals surface area contributed by atoms with Crippen LogP contribution >= 0.6 is 11.3 Å². The van der Waals surface area contributed by atoms with Gasteiger partial charge >= 0.3 is 0 Å². The van der Waals surface area contributed by atoms with E-state index in [1.54, 1.807) is 12.5 Å². The fourth-order valence-electron chi connectivity index (χ4n) is 2.16. The lowest BCUT2D eigenvalue weighted by atomic mass is 10.3. The molecule has 0 saturated carbocycles. The van der Waals surface area contributed by atoms with E-state index in [2.05, 4.69) is 20.3 Å². The number of nitrogens with one attached hydrogen (secondary N) is 2. The highest BCUT2D eigenvalue weighted by atomic mass is 32.1. The Morgan fingerprint density at radius 2 is 2.23 bits per heavy atom. The molecule has 3 heterocycles. The molecule has 0 atom stereocenters. The first kappa shape index (κ1) is 14.5. The van der Waals surface area contributed by atoms with Gasteiger partial charge in [0.05, 0.1) is 6.33 Å². The molecule has 0 aliphatic carbocycles. The first-order valence-electron chi connectivity index (χ1n) is 6.81. The van der Waals surface area contributed by atoms with Gasteiger partial charge in [-0.1, -0.05) is 0 Å². The van der Waals surface area contributed by atoms with Crippen molar-refractivity contribution < 1.29 is 4.79 Å². The number of fused-ring (bicyclic) bond motifs is 1. The normalized spacial score (nSPS) is 11.0. The van der Waals surface area contributed by atoms with Gasteiger partial charge < -0.3 is 10.3 Å². The molecule has 0 aliphatic heterocycles. The van der Waals surface area contributed by atoms with E-state index in [1.165, 1.54) is 21.9 Å². The first-order valence-corrected chi connectivity index (χ1v) is 7.63. The molecule has 0 unspecified atom stereocenters. The lowest BCUT2D eigenvalue weighted by Crippen LogP contribution is -2.32. The van der Waals surface area contributed by atoms with Crippen LogP contribution in [0.15, 0.2) is 23.5 Å². The molecule has 22 heavy (non-hydrogen) atoms. The van der Waals surface area contributed by atoms with Crippen LogP contribution in [-0.4, -0.2) is 31.8 Å². The second-order valence-electron chi connectivity index (χ2n) is 4.92. The summed E-state index contributed by atoms with van der Waals surface area (Å²) in [7, 11) is 0. The van der Waals surface area contributed by atoms with Crippen molar-refractivity contribution in [1.82, 2.24) is 24.7 Å². The van der Waals surface area contributed by atoms with E-state index in [-0.39, 0.29) is 11.1 Å². The van der Waals surface area contributed by atoms with Gasteiger partial charge in [-0.3, -0.25) is 14.0 Å². The molecule has 0 fully saturated rings. The highest BCUT2D eigenvalue weighted by Gasteiger charge is 2.16. The highest BCUT2D eigenvalue weighted by Crippen LogP contribution is 2.18. The molecule has 0 saturated heterocycles. The van der Waals surface area contributed by atoms with E-state index >= 15 is 0 Å². The Bertz CT molecular complexity index is 879. The maximum atomic E-state index is 12.4. The minimum absolute atomic E-state index is 0.0583. The summed E-state index contributed by atoms with van der Waals surface area (Å²) in [5.41, 5.74) is 1.48. The van der Waals surface area contributed by atoms with Crippen LogP contribution in [0.1, 0.15) is 26.6 Å². The van der Waals surface area contributed by atoms with Crippen molar-refractivity contribution in [3.63, 3.8) is 0 Å². The van der Waals surface area contributed by atoms with Crippen LogP contribution < -0.4 is 10.9 Å². The van der Waals surface area contributed by atoms with Crippen LogP contribution in [0.2, 0.25) is 0 Å². The van der Waals surface area contributed by atoms with E-state index in [9.17, 15) is 9.59 Å². The minimum Gasteiger partial charge on any atom is -0.351 e. The van der Waals surface area contributed by atoms with Crippen molar-refractivity contribution in [2.75, 3.05) is 6.54 Å². The fourth-order valence-corrected chi connectivity index (χ4v) is 3.09. The van der Waals surface area contributed by atoms with Gasteiger partial charge in [0.25, 0.3) is 11.5 Å². The number of aryl methyl sites for hydroxylation is 2. The van der Waals surface area contributed by atoms with Crippen LogP contribution in [0.25, 0.3) is 4.96 Å². The largest absolute Gasteiger partial charge is 0.351 e. The third kappa shape index (κ3) is 2.52. The average Bonchev–Trinajstić information content (AvgIpc) is 3.09. The number of rotatable bonds is 4. The molecule has 3 rings (SSSR count). The molecular weight excluding hydrogens is 302 g/mol. The van der Waals surface area contributed by atoms with E-state index in [0.29, 0.717) is 17.9 Å². The molecule has 2 N–H and O–H groups in total. The molecule has 0 radical (unpaired) electrons. The van der Waals surface area contributed by atoms with E-state index in [0.717, 1.165) is 16.3 Å². The number of hydrogen-bond acceptors (Lipinski definition) is 5. The fraction of sp³-hybridized carbons (Fsp3) is 0.286. The number of aromatic amines is 1. The molecule has 1 amide bonds. The zero-order valence-corrected chi connectivity index (χ0v) is 13.0. The predicted octanol–water partition coefficient (Wildman–Crippen LogP) is 1.07. The quantitative estimate of drug-likeness (QED) is 0.753. The maximum Gasteiger partial charge on any atom is 0.271 e. The molecular formula is C14H15N5O2S. The molecule has 114 valence electrons. The number of aromatic nitrogens is 4. The number of thiazole rings is 1. The zero-order valence-electron chi connectivity index (χ0n) is 12.2. The highest BCUT2D eigenvalue weighted by molar-refractivity contribution is 7.17. The second kappa shape index (κ2) is 5.72. The van der Waals surface area contributed by atoms with E-state index in [1.807, 2.05) is 13.8 Å². The minimum atomic E-state index is -0.408. The van der Waals surface area contributed by atoms with Crippen molar-refractivity contribution in [2.24, 2.45) is 0 Å². The Kier molecular flexibility index (Phi) is 3.76. The van der Waals surface area contributed by atoms with Crippen LogP contribution in [0.5, 0.6) is 0 Å². The third-order valence-electron chi connectivity index (χ3n) is 3.50. The lowest BCUT2D eigenvalue weighted by molar-refractivity contribution is 0.0952. The topological polar surface area (TPSA) is 92.2 Å². The molecule has 3 aromatic heterocycles. The molecule has 8 heteroatoms. The van der Waals surface area contributed by atoms with E-state index < -0.39 is 5.91 Å². The van der Waals surface area contributed by atoms with Crippen LogP contribution in [0, 0.1) is 13.8 Å². The number of carbonyl (C=O) groups is 1. The zero-order chi connectivity index (χ0) is 15.7. The second-order valence-corrected chi connectivity index (χ2v) is 6.10. The summed E-state index contributed by atoms with van der Waals surface area (Å²) in [5.74, 6) is -0.408. The van der Waals surface area contributed by atoms with Crippen LogP contribution in [0.4, 0.5) is 0 Å². The maximum absolute atomic E-state index is 12.4. The van der Waals surface area contributed by atoms with E-state index in [4.69, 9.17) is 0 Å². The molecule has 0 aromatic carbocycles. The summed E-state index contributed by atoms with van der Waals surface area (Å²) in [6.45, 7) is 4.20. The molecule has 0 aliphatic rings. The van der Waals surface area contributed by atoms with Gasteiger partial charge in [0.2, 0.25) is 0 Å². The SMILES string of the molecule is Cc1sc2ncc(C(=O)NCCc3cnc[nH]3)c(=O)n2c1C. The predicted molar refractivity (Wildman–Crippen MR) is 83.4 cm³/mol. The summed E-state index contributed by atoms with van der Waals surface area (Å²) in [5, 5.41) is 2.73. The van der Waals surface area contributed by atoms with Crippen molar-refractivity contribution in [2.45, 2.75) is 20.3 Å². The van der Waals surface area contributed by atoms with Crippen molar-refractivity contribution >= 4 is 22.2 Å². The van der Waals surface area contributed by atoms with Crippen LogP contribution in [0.3, 0.4) is 0 Å². The molecule has 7 nitrogen and oxygen atoms in total. The monoisotopic (exact) mass is 317 g/mol. The summed E-state index contributed by atoms with van der Waals surface area (Å²) in [6, 6.07) is 0. The standard InChI is InChI=1S/C14H15N5O2S/c1-8-9(2)22-14-17-6-11(13(21)19(8)14)12(20)16-4-3-10-5-15-7-18-10/h5-7H,3-4H2,1-2H3,(H,15,18)(H,16,20). The van der Waals surface area contributed by atoms with Crippen LogP contribution in [-0.2, 0) is 6.42 Å². The summed E-state index contributed by atoms with van der Waals surface area (Å²) in [6.07, 6.45) is 5.26. The van der Waals surface area contributed by atoms with Crippen molar-refractivity contribution in [3.8, 4) is 0 Å². The number of nitrogens with zero attached hydrogens (tertiary/aromatic N) is 3. The summed E-state index contributed by atoms with van der Waals surface area (Å²) < 4.78 is 1.49. The van der Waals surface area contributed by atoms with Gasteiger partial charge in [-0.05, 0) is 13.8 Å². The lowest BCUT2D eigenvalue weighted by Gasteiger charge is -2.04. The van der Waals surface area contributed by atoms with Gasteiger partial charge in [0.1, 0.15) is 5.56 Å². The Morgan fingerprint density at radius 1 is 1.41 bits per heavy atom. The smallest absolute Gasteiger partial charge is 0.271 e. The van der Waals surface area contributed by atoms with Crippen molar-refractivity contribution in [3.05, 3.63) is 50.9 Å². The first-order chi connectivity index (χ1) is 10.6. The summed E-state index contributed by atoms with van der Waals surface area (Å²) in [4.78, 5) is 37.3. The third-order valence-corrected chi connectivity index (χ3v) is 4.57. The van der Waals surface area contributed by atoms with Gasteiger partial charge in [0.15, 0.2) is 4.96 Å².